The van der Waals surface area contributed by atoms with Gasteiger partial charge in [-0.25, -0.2) is 0 Å². The van der Waals surface area contributed by atoms with Crippen LogP contribution >= 0.6 is 0 Å². The minimum absolute atomic E-state index is 0.632. The summed E-state index contributed by atoms with van der Waals surface area (Å²) in [6, 6.07) is 0. The normalized spacial score (nSPS) is 15.3. The number of nitrogens with one attached hydrogen (secondary N) is 1. The minimum atomic E-state index is -0.792. The molecule has 0 spiro atoms. The van der Waals surface area contributed by atoms with Crippen LogP contribution < -0.4 is 5.32 Å². The van der Waals surface area contributed by atoms with Gasteiger partial charge in [-0.2, -0.15) is 0 Å². The highest BCUT2D eigenvalue weighted by Gasteiger charge is 2.31. The van der Waals surface area contributed by atoms with E-state index >= 15 is 0 Å². The molecule has 0 bridgehead atoms. The number of aliphatic carboxylic acids is 1. The summed E-state index contributed by atoms with van der Waals surface area (Å²) in [7, 11) is 2.00. The molecule has 0 aliphatic carbocycles. The third kappa shape index (κ3) is 5.14. The molecule has 0 rings (SSSR count). The van der Waals surface area contributed by atoms with Crippen LogP contribution in [0.25, 0.3) is 0 Å². The standard InChI is InChI=1S/C11H24N2O2/c1-5-8-12-11(3,10(14)15)7-9-13(4)6-2/h12H,5-9H2,1-4H3,(H,14,15). The average molecular weight is 216 g/mol. The fourth-order valence-electron chi connectivity index (χ4n) is 1.24. The van der Waals surface area contributed by atoms with E-state index in [-0.39, 0.29) is 0 Å². The summed E-state index contributed by atoms with van der Waals surface area (Å²) in [5.74, 6) is -0.763. The summed E-state index contributed by atoms with van der Waals surface area (Å²) in [6.45, 7) is 8.36. The minimum Gasteiger partial charge on any atom is -0.480 e. The molecule has 15 heavy (non-hydrogen) atoms. The largest absolute Gasteiger partial charge is 0.480 e. The fraction of sp³-hybridized carbons (Fsp3) is 0.909. The molecule has 0 aliphatic heterocycles. The van der Waals surface area contributed by atoms with Crippen LogP contribution in [0.15, 0.2) is 0 Å². The predicted octanol–water partition coefficient (Wildman–Crippen LogP) is 1.17. The second kappa shape index (κ2) is 6.80. The van der Waals surface area contributed by atoms with Crippen molar-refractivity contribution in [1.29, 1.82) is 0 Å². The summed E-state index contributed by atoms with van der Waals surface area (Å²) in [5.41, 5.74) is -0.792. The maximum Gasteiger partial charge on any atom is 0.323 e. The first kappa shape index (κ1) is 14.4. The first-order chi connectivity index (χ1) is 6.96. The molecule has 0 aliphatic rings. The third-order valence-electron chi connectivity index (χ3n) is 2.77. The Morgan fingerprint density at radius 3 is 2.47 bits per heavy atom. The van der Waals surface area contributed by atoms with Gasteiger partial charge < -0.3 is 15.3 Å². The van der Waals surface area contributed by atoms with Gasteiger partial charge in [-0.05, 0) is 39.9 Å². The van der Waals surface area contributed by atoms with Gasteiger partial charge in [0, 0.05) is 6.54 Å². The number of rotatable bonds is 8. The Hall–Kier alpha value is -0.610. The van der Waals surface area contributed by atoms with Crippen molar-refractivity contribution in [2.75, 3.05) is 26.7 Å². The molecule has 0 radical (unpaired) electrons. The van der Waals surface area contributed by atoms with Crippen molar-refractivity contribution in [2.24, 2.45) is 0 Å². The molecule has 0 aromatic heterocycles. The zero-order valence-corrected chi connectivity index (χ0v) is 10.3. The zero-order chi connectivity index (χ0) is 11.9. The molecule has 90 valence electrons. The molecule has 0 saturated carbocycles. The van der Waals surface area contributed by atoms with E-state index < -0.39 is 11.5 Å². The molecular formula is C11H24N2O2. The van der Waals surface area contributed by atoms with Crippen LogP contribution in [-0.4, -0.2) is 48.2 Å². The van der Waals surface area contributed by atoms with E-state index in [1.54, 1.807) is 6.92 Å². The Morgan fingerprint density at radius 1 is 1.47 bits per heavy atom. The summed E-state index contributed by atoms with van der Waals surface area (Å²) in [4.78, 5) is 13.3. The fourth-order valence-corrected chi connectivity index (χ4v) is 1.24. The van der Waals surface area contributed by atoms with Crippen molar-refractivity contribution in [2.45, 2.75) is 39.2 Å². The molecule has 0 aromatic rings. The number of carbonyl (C=O) groups is 1. The van der Waals surface area contributed by atoms with Crippen molar-refractivity contribution in [3.63, 3.8) is 0 Å². The van der Waals surface area contributed by atoms with Gasteiger partial charge >= 0.3 is 5.97 Å². The van der Waals surface area contributed by atoms with Crippen molar-refractivity contribution in [3.8, 4) is 0 Å². The van der Waals surface area contributed by atoms with E-state index in [0.717, 1.165) is 26.1 Å². The summed E-state index contributed by atoms with van der Waals surface area (Å²) >= 11 is 0. The molecule has 2 N–H and O–H groups in total. The lowest BCUT2D eigenvalue weighted by molar-refractivity contribution is -0.144. The Balaban J connectivity index is 4.19. The lowest BCUT2D eigenvalue weighted by Crippen LogP contribution is -2.51. The number of carboxylic acid groups (broad SMARTS) is 1. The second-order valence-corrected chi connectivity index (χ2v) is 4.21. The Morgan fingerprint density at radius 2 is 2.07 bits per heavy atom. The number of nitrogens with zero attached hydrogens (tertiary/aromatic N) is 1. The predicted molar refractivity (Wildman–Crippen MR) is 62.1 cm³/mol. The van der Waals surface area contributed by atoms with Gasteiger partial charge in [-0.1, -0.05) is 13.8 Å². The van der Waals surface area contributed by atoms with Crippen LogP contribution in [0.5, 0.6) is 0 Å². The topological polar surface area (TPSA) is 52.6 Å². The van der Waals surface area contributed by atoms with Gasteiger partial charge in [0.2, 0.25) is 0 Å². The molecule has 4 nitrogen and oxygen atoms in total. The van der Waals surface area contributed by atoms with Crippen molar-refractivity contribution < 1.29 is 9.90 Å². The molecule has 0 fully saturated rings. The van der Waals surface area contributed by atoms with Crippen molar-refractivity contribution in [3.05, 3.63) is 0 Å². The summed E-state index contributed by atoms with van der Waals surface area (Å²) in [5, 5.41) is 12.3. The van der Waals surface area contributed by atoms with E-state index in [4.69, 9.17) is 5.11 Å². The van der Waals surface area contributed by atoms with E-state index in [1.807, 2.05) is 14.0 Å². The van der Waals surface area contributed by atoms with Crippen LogP contribution in [0.4, 0.5) is 0 Å². The van der Waals surface area contributed by atoms with Crippen LogP contribution in [0.2, 0.25) is 0 Å². The summed E-state index contributed by atoms with van der Waals surface area (Å²) in [6.07, 6.45) is 1.58. The van der Waals surface area contributed by atoms with Gasteiger partial charge in [0.15, 0.2) is 0 Å². The number of carboxylic acids is 1. The van der Waals surface area contributed by atoms with Crippen LogP contribution in [0, 0.1) is 0 Å². The lowest BCUT2D eigenvalue weighted by Gasteiger charge is -2.28. The van der Waals surface area contributed by atoms with Gasteiger partial charge in [0.1, 0.15) is 5.54 Å². The van der Waals surface area contributed by atoms with Gasteiger partial charge in [-0.15, -0.1) is 0 Å². The molecule has 0 amide bonds. The van der Waals surface area contributed by atoms with Crippen LogP contribution in [0.1, 0.15) is 33.6 Å². The highest BCUT2D eigenvalue weighted by Crippen LogP contribution is 2.10. The first-order valence-electron chi connectivity index (χ1n) is 5.63. The average Bonchev–Trinajstić information content (AvgIpc) is 2.22. The van der Waals surface area contributed by atoms with Gasteiger partial charge in [0.05, 0.1) is 0 Å². The summed E-state index contributed by atoms with van der Waals surface area (Å²) < 4.78 is 0. The molecule has 0 heterocycles. The Kier molecular flexibility index (Phi) is 6.52. The zero-order valence-electron chi connectivity index (χ0n) is 10.3. The quantitative estimate of drug-likeness (QED) is 0.639. The Bertz CT molecular complexity index is 197. The second-order valence-electron chi connectivity index (χ2n) is 4.21. The maximum atomic E-state index is 11.1. The van der Waals surface area contributed by atoms with Crippen molar-refractivity contribution >= 4 is 5.97 Å². The van der Waals surface area contributed by atoms with Crippen LogP contribution in [0.3, 0.4) is 0 Å². The van der Waals surface area contributed by atoms with Crippen molar-refractivity contribution in [1.82, 2.24) is 10.2 Å². The highest BCUT2D eigenvalue weighted by molar-refractivity contribution is 5.78. The molecular weight excluding hydrogens is 192 g/mol. The molecule has 0 saturated heterocycles. The third-order valence-corrected chi connectivity index (χ3v) is 2.77. The Labute approximate surface area is 92.7 Å². The molecule has 1 atom stereocenters. The molecule has 1 unspecified atom stereocenters. The monoisotopic (exact) mass is 216 g/mol. The lowest BCUT2D eigenvalue weighted by atomic mass is 9.97. The first-order valence-corrected chi connectivity index (χ1v) is 5.63. The SMILES string of the molecule is CCCNC(C)(CCN(C)CC)C(=O)O. The molecule has 0 aromatic carbocycles. The number of hydrogen-bond acceptors (Lipinski definition) is 3. The van der Waals surface area contributed by atoms with E-state index in [0.29, 0.717) is 6.42 Å². The van der Waals surface area contributed by atoms with E-state index in [1.165, 1.54) is 0 Å². The highest BCUT2D eigenvalue weighted by atomic mass is 16.4. The number of hydrogen-bond donors (Lipinski definition) is 2. The van der Waals surface area contributed by atoms with Gasteiger partial charge in [-0.3, -0.25) is 4.79 Å². The maximum absolute atomic E-state index is 11.1. The van der Waals surface area contributed by atoms with Gasteiger partial charge in [0.25, 0.3) is 0 Å². The van der Waals surface area contributed by atoms with Crippen LogP contribution in [-0.2, 0) is 4.79 Å². The van der Waals surface area contributed by atoms with E-state index in [9.17, 15) is 4.79 Å². The van der Waals surface area contributed by atoms with E-state index in [2.05, 4.69) is 17.1 Å². The smallest absolute Gasteiger partial charge is 0.323 e. The molecule has 4 heteroatoms.